The Hall–Kier alpha value is 0.150. The van der Waals surface area contributed by atoms with E-state index in [1.165, 1.54) is 7.76 Å². The van der Waals surface area contributed by atoms with Crippen molar-refractivity contribution in [2.75, 3.05) is 6.54 Å². The molecule has 1 amide bonds. The van der Waals surface area contributed by atoms with E-state index in [0.717, 1.165) is 12.8 Å². The maximum absolute atomic E-state index is 11.4. The molecular weight excluding hydrogens is 371 g/mol. The van der Waals surface area contributed by atoms with Gasteiger partial charge in [-0.2, -0.15) is 0 Å². The number of hydrogen-bond acceptors (Lipinski definition) is 3. The molecule has 0 aliphatic carbocycles. The van der Waals surface area contributed by atoms with Gasteiger partial charge in [-0.3, -0.25) is 4.79 Å². The molecule has 0 fully saturated rings. The van der Waals surface area contributed by atoms with Gasteiger partial charge in [-0.25, -0.2) is 0 Å². The van der Waals surface area contributed by atoms with Gasteiger partial charge in [0, 0.05) is 23.9 Å². The van der Waals surface area contributed by atoms with Crippen LogP contribution >= 0.6 is 46.3 Å². The molecule has 0 bridgehead atoms. The van der Waals surface area contributed by atoms with Crippen molar-refractivity contribution in [3.05, 3.63) is 19.9 Å². The van der Waals surface area contributed by atoms with Gasteiger partial charge in [0.1, 0.15) is 0 Å². The van der Waals surface area contributed by atoms with E-state index in [9.17, 15) is 4.79 Å². The van der Waals surface area contributed by atoms with Crippen molar-refractivity contribution in [1.82, 2.24) is 5.32 Å². The third kappa shape index (κ3) is 7.96. The third-order valence-electron chi connectivity index (χ3n) is 2.15. The van der Waals surface area contributed by atoms with Gasteiger partial charge in [0.15, 0.2) is 0 Å². The van der Waals surface area contributed by atoms with E-state index in [1.54, 1.807) is 11.3 Å². The molecule has 3 N–H and O–H groups in total. The zero-order valence-corrected chi connectivity index (χ0v) is 13.5. The number of carbonyl (C=O) groups is 1. The van der Waals surface area contributed by atoms with Crippen LogP contribution in [0.5, 0.6) is 0 Å². The van der Waals surface area contributed by atoms with Gasteiger partial charge < -0.3 is 11.1 Å². The first-order chi connectivity index (χ1) is 7.58. The summed E-state index contributed by atoms with van der Waals surface area (Å²) in [5, 5.41) is 2.91. The van der Waals surface area contributed by atoms with Crippen LogP contribution in [0.4, 0.5) is 0 Å². The van der Waals surface area contributed by atoms with Gasteiger partial charge in [0.25, 0.3) is 0 Å². The molecule has 98 valence electrons. The molecule has 0 aromatic carbocycles. The van der Waals surface area contributed by atoms with Gasteiger partial charge in [0.2, 0.25) is 5.91 Å². The van der Waals surface area contributed by atoms with E-state index in [2.05, 4.69) is 40.0 Å². The van der Waals surface area contributed by atoms with Gasteiger partial charge >= 0.3 is 0 Å². The van der Waals surface area contributed by atoms with Crippen molar-refractivity contribution < 1.29 is 4.79 Å². The van der Waals surface area contributed by atoms with Crippen molar-refractivity contribution in [2.45, 2.75) is 32.2 Å². The predicted octanol–water partition coefficient (Wildman–Crippen LogP) is 2.56. The summed E-state index contributed by atoms with van der Waals surface area (Å²) in [6.45, 7) is 2.63. The second kappa shape index (κ2) is 9.13. The van der Waals surface area contributed by atoms with Gasteiger partial charge in [-0.05, 0) is 54.5 Å². The molecule has 17 heavy (non-hydrogen) atoms. The third-order valence-corrected chi connectivity index (χ3v) is 4.10. The van der Waals surface area contributed by atoms with Crippen molar-refractivity contribution in [2.24, 2.45) is 5.73 Å². The lowest BCUT2D eigenvalue weighted by atomic mass is 10.2. The lowest BCUT2D eigenvalue weighted by molar-refractivity contribution is -0.121. The van der Waals surface area contributed by atoms with E-state index >= 15 is 0 Å². The second-order valence-electron chi connectivity index (χ2n) is 3.82. The summed E-state index contributed by atoms with van der Waals surface area (Å²) >= 11 is 4.08. The molecule has 1 rings (SSSR count). The summed E-state index contributed by atoms with van der Waals surface area (Å²) in [5.41, 5.74) is 5.58. The number of halogens is 2. The maximum Gasteiger partial charge on any atom is 0.220 e. The Morgan fingerprint density at radius 2 is 2.29 bits per heavy atom. The Morgan fingerprint density at radius 3 is 2.82 bits per heavy atom. The fourth-order valence-electron chi connectivity index (χ4n) is 1.26. The molecule has 0 aliphatic heterocycles. The molecule has 3 nitrogen and oxygen atoms in total. The highest BCUT2D eigenvalue weighted by molar-refractivity contribution is 14.1. The van der Waals surface area contributed by atoms with Crippen LogP contribution in [0.25, 0.3) is 0 Å². The van der Waals surface area contributed by atoms with Crippen LogP contribution in [-0.4, -0.2) is 18.5 Å². The Morgan fingerprint density at radius 1 is 1.59 bits per heavy atom. The first kappa shape index (κ1) is 17.2. The minimum absolute atomic E-state index is 0. The summed E-state index contributed by atoms with van der Waals surface area (Å²) in [7, 11) is 0. The Bertz CT molecular complexity index is 344. The van der Waals surface area contributed by atoms with E-state index < -0.39 is 0 Å². The normalized spacial score (nSPS) is 11.7. The number of carbonyl (C=O) groups excluding carboxylic acids is 1. The topological polar surface area (TPSA) is 55.1 Å². The lowest BCUT2D eigenvalue weighted by Gasteiger charge is -2.06. The van der Waals surface area contributed by atoms with Gasteiger partial charge in [-0.15, -0.1) is 23.7 Å². The lowest BCUT2D eigenvalue weighted by Crippen LogP contribution is -2.27. The molecule has 1 heterocycles. The van der Waals surface area contributed by atoms with Crippen LogP contribution < -0.4 is 11.1 Å². The zero-order chi connectivity index (χ0) is 12.0. The van der Waals surface area contributed by atoms with Crippen LogP contribution in [0.15, 0.2) is 12.1 Å². The first-order valence-corrected chi connectivity index (χ1v) is 7.24. The molecule has 6 heteroatoms. The zero-order valence-electron chi connectivity index (χ0n) is 9.74. The molecule has 1 atom stereocenters. The largest absolute Gasteiger partial charge is 0.356 e. The van der Waals surface area contributed by atoms with E-state index in [0.29, 0.717) is 13.0 Å². The minimum Gasteiger partial charge on any atom is -0.356 e. The average Bonchev–Trinajstić information content (AvgIpc) is 2.61. The van der Waals surface area contributed by atoms with Crippen LogP contribution in [0.3, 0.4) is 0 Å². The summed E-state index contributed by atoms with van der Waals surface area (Å²) in [6, 6.07) is 4.31. The highest BCUT2D eigenvalue weighted by Crippen LogP contribution is 2.18. The summed E-state index contributed by atoms with van der Waals surface area (Å²) in [5.74, 6) is 0.101. The van der Waals surface area contributed by atoms with Gasteiger partial charge in [0.05, 0.1) is 2.88 Å². The van der Waals surface area contributed by atoms with Crippen molar-refractivity contribution in [3.63, 3.8) is 0 Å². The number of nitrogens with two attached hydrogens (primary N) is 1. The van der Waals surface area contributed by atoms with Crippen LogP contribution in [-0.2, 0) is 11.2 Å². The quantitative estimate of drug-likeness (QED) is 0.736. The molecule has 0 spiro atoms. The summed E-state index contributed by atoms with van der Waals surface area (Å²) < 4.78 is 1.29. The molecule has 0 saturated carbocycles. The first-order valence-electron chi connectivity index (χ1n) is 5.34. The number of rotatable bonds is 6. The Labute approximate surface area is 126 Å². The number of amides is 1. The maximum atomic E-state index is 11.4. The minimum atomic E-state index is 0. The van der Waals surface area contributed by atoms with Crippen LogP contribution in [0.1, 0.15) is 24.6 Å². The highest BCUT2D eigenvalue weighted by atomic mass is 127. The van der Waals surface area contributed by atoms with E-state index in [1.807, 2.05) is 6.92 Å². The number of thiophene rings is 1. The van der Waals surface area contributed by atoms with E-state index in [4.69, 9.17) is 5.73 Å². The van der Waals surface area contributed by atoms with Gasteiger partial charge in [-0.1, -0.05) is 0 Å². The van der Waals surface area contributed by atoms with Crippen molar-refractivity contribution in [3.8, 4) is 0 Å². The molecule has 1 aromatic heterocycles. The standard InChI is InChI=1S/C11H17IN2OS.ClH/c1-8(13)2-5-11(15)14-7-6-9-3-4-10(12)16-9;/h3-4,8H,2,5-7,13H2,1H3,(H,14,15);1H. The summed E-state index contributed by atoms with van der Waals surface area (Å²) in [4.78, 5) is 12.7. The van der Waals surface area contributed by atoms with Crippen LogP contribution in [0.2, 0.25) is 0 Å². The SMILES string of the molecule is CC(N)CCC(=O)NCCc1ccc(I)s1.Cl. The molecular formula is C11H18ClIN2OS. The number of nitrogens with one attached hydrogen (secondary N) is 1. The fraction of sp³-hybridized carbons (Fsp3) is 0.545. The average molecular weight is 389 g/mol. The van der Waals surface area contributed by atoms with Crippen LogP contribution in [0, 0.1) is 2.88 Å². The molecule has 1 unspecified atom stereocenters. The molecule has 0 radical (unpaired) electrons. The smallest absolute Gasteiger partial charge is 0.220 e. The summed E-state index contributed by atoms with van der Waals surface area (Å²) in [6.07, 6.45) is 2.19. The predicted molar refractivity (Wildman–Crippen MR) is 83.9 cm³/mol. The van der Waals surface area contributed by atoms with Crippen molar-refractivity contribution in [1.29, 1.82) is 0 Å². The Balaban J connectivity index is 0.00000256. The second-order valence-corrected chi connectivity index (χ2v) is 6.88. The molecule has 1 aromatic rings. The Kier molecular flexibility index (Phi) is 9.21. The fourth-order valence-corrected chi connectivity index (χ4v) is 3.01. The molecule has 0 saturated heterocycles. The number of hydrogen-bond donors (Lipinski definition) is 2. The van der Waals surface area contributed by atoms with Crippen molar-refractivity contribution >= 4 is 52.2 Å². The monoisotopic (exact) mass is 388 g/mol. The highest BCUT2D eigenvalue weighted by Gasteiger charge is 2.03. The molecule has 0 aliphatic rings. The van der Waals surface area contributed by atoms with E-state index in [-0.39, 0.29) is 24.4 Å².